The molecule has 0 aliphatic carbocycles. The summed E-state index contributed by atoms with van der Waals surface area (Å²) in [5, 5.41) is 13.1. The van der Waals surface area contributed by atoms with Crippen LogP contribution in [0.5, 0.6) is 0 Å². The first-order valence-corrected chi connectivity index (χ1v) is 5.80. The number of carbonyl (C=O) groups excluding carboxylic acids is 1. The zero-order valence-corrected chi connectivity index (χ0v) is 10.7. The number of nitrogens with two attached hydrogens (primary N) is 1. The van der Waals surface area contributed by atoms with E-state index in [4.69, 9.17) is 10.5 Å². The zero-order chi connectivity index (χ0) is 14.3. The number of amides is 1. The lowest BCUT2D eigenvalue weighted by molar-refractivity contribution is -0.384. The van der Waals surface area contributed by atoms with Gasteiger partial charge in [0.2, 0.25) is 5.91 Å². The monoisotopic (exact) mass is 267 g/mol. The van der Waals surface area contributed by atoms with Gasteiger partial charge in [-0.1, -0.05) is 12.1 Å². The molecular weight excluding hydrogens is 250 g/mol. The van der Waals surface area contributed by atoms with Crippen molar-refractivity contribution in [2.24, 2.45) is 5.73 Å². The Morgan fingerprint density at radius 2 is 2.11 bits per heavy atom. The molecule has 0 aromatic heterocycles. The molecule has 0 saturated heterocycles. The molecule has 3 N–H and O–H groups in total. The van der Waals surface area contributed by atoms with Crippen molar-refractivity contribution in [3.8, 4) is 0 Å². The minimum Gasteiger partial charge on any atom is -0.383 e. The van der Waals surface area contributed by atoms with Crippen molar-refractivity contribution in [3.63, 3.8) is 0 Å². The summed E-state index contributed by atoms with van der Waals surface area (Å²) in [6.07, 6.45) is 0.330. The summed E-state index contributed by atoms with van der Waals surface area (Å²) in [5.41, 5.74) is 6.54. The van der Waals surface area contributed by atoms with Crippen LogP contribution in [0.2, 0.25) is 0 Å². The van der Waals surface area contributed by atoms with Gasteiger partial charge in [-0.15, -0.1) is 0 Å². The average Bonchev–Trinajstić information content (AvgIpc) is 2.39. The number of nitrogens with zero attached hydrogens (tertiary/aromatic N) is 1. The van der Waals surface area contributed by atoms with Crippen molar-refractivity contribution in [2.75, 3.05) is 20.3 Å². The average molecular weight is 267 g/mol. The van der Waals surface area contributed by atoms with Gasteiger partial charge >= 0.3 is 0 Å². The number of methoxy groups -OCH3 is 1. The Labute approximate surface area is 110 Å². The lowest BCUT2D eigenvalue weighted by Crippen LogP contribution is -2.43. The van der Waals surface area contributed by atoms with E-state index in [1.54, 1.807) is 19.2 Å². The first kappa shape index (κ1) is 15.1. The number of carbonyl (C=O) groups is 1. The first-order chi connectivity index (χ1) is 9.04. The first-order valence-electron chi connectivity index (χ1n) is 5.80. The highest BCUT2D eigenvalue weighted by Crippen LogP contribution is 2.12. The largest absolute Gasteiger partial charge is 0.383 e. The molecule has 0 spiro atoms. The molecule has 0 saturated carbocycles. The second-order valence-corrected chi connectivity index (χ2v) is 4.02. The lowest BCUT2D eigenvalue weighted by Gasteiger charge is -2.11. The minimum absolute atomic E-state index is 0.0156. The van der Waals surface area contributed by atoms with Crippen LogP contribution in [0.3, 0.4) is 0 Å². The maximum atomic E-state index is 11.6. The second-order valence-electron chi connectivity index (χ2n) is 4.02. The van der Waals surface area contributed by atoms with Crippen LogP contribution in [0, 0.1) is 10.1 Å². The Morgan fingerprint density at radius 3 is 2.63 bits per heavy atom. The molecular formula is C12H17N3O4. The molecule has 7 nitrogen and oxygen atoms in total. The molecule has 7 heteroatoms. The number of ether oxygens (including phenoxy) is 1. The van der Waals surface area contributed by atoms with Crippen molar-refractivity contribution in [2.45, 2.75) is 12.5 Å². The quantitative estimate of drug-likeness (QED) is 0.417. The zero-order valence-electron chi connectivity index (χ0n) is 10.7. The molecule has 1 atom stereocenters. The lowest BCUT2D eigenvalue weighted by atomic mass is 10.1. The summed E-state index contributed by atoms with van der Waals surface area (Å²) >= 11 is 0. The fraction of sp³-hybridized carbons (Fsp3) is 0.417. The summed E-state index contributed by atoms with van der Waals surface area (Å²) in [7, 11) is 1.54. The van der Waals surface area contributed by atoms with E-state index in [1.807, 2.05) is 0 Å². The van der Waals surface area contributed by atoms with Crippen LogP contribution >= 0.6 is 0 Å². The SMILES string of the molecule is COCCNC(=O)[C@@H](N)Cc1ccc([N+](=O)[O-])cc1. The maximum Gasteiger partial charge on any atom is 0.269 e. The standard InChI is InChI=1S/C12H17N3O4/c1-19-7-6-14-12(16)11(13)8-9-2-4-10(5-3-9)15(17)18/h2-5,11H,6-8,13H2,1H3,(H,14,16)/t11-/m0/s1. The number of nitro groups is 1. The number of nitrogens with one attached hydrogen (secondary N) is 1. The van der Waals surface area contributed by atoms with E-state index in [9.17, 15) is 14.9 Å². The molecule has 1 aromatic carbocycles. The normalized spacial score (nSPS) is 11.9. The fourth-order valence-corrected chi connectivity index (χ4v) is 1.51. The second kappa shape index (κ2) is 7.45. The van der Waals surface area contributed by atoms with Crippen molar-refractivity contribution < 1.29 is 14.5 Å². The van der Waals surface area contributed by atoms with E-state index in [0.717, 1.165) is 5.56 Å². The third-order valence-electron chi connectivity index (χ3n) is 2.54. The van der Waals surface area contributed by atoms with Gasteiger partial charge in [-0.3, -0.25) is 14.9 Å². The van der Waals surface area contributed by atoms with Crippen molar-refractivity contribution >= 4 is 11.6 Å². The van der Waals surface area contributed by atoms with E-state index in [-0.39, 0.29) is 11.6 Å². The molecule has 0 unspecified atom stereocenters. The maximum absolute atomic E-state index is 11.6. The number of nitro benzene ring substituents is 1. The topological polar surface area (TPSA) is 107 Å². The summed E-state index contributed by atoms with van der Waals surface area (Å²) in [6.45, 7) is 0.833. The number of rotatable bonds is 7. The van der Waals surface area contributed by atoms with Crippen molar-refractivity contribution in [1.82, 2.24) is 5.32 Å². The van der Waals surface area contributed by atoms with Crippen LogP contribution in [0.25, 0.3) is 0 Å². The summed E-state index contributed by atoms with van der Waals surface area (Å²) in [4.78, 5) is 21.6. The van der Waals surface area contributed by atoms with Crippen LogP contribution in [-0.4, -0.2) is 37.1 Å². The predicted molar refractivity (Wildman–Crippen MR) is 69.7 cm³/mol. The third kappa shape index (κ3) is 5.02. The minimum atomic E-state index is -0.682. The van der Waals surface area contributed by atoms with Gasteiger partial charge in [0.1, 0.15) is 0 Å². The molecule has 0 heterocycles. The molecule has 0 bridgehead atoms. The van der Waals surface area contributed by atoms with Crippen LogP contribution in [0.15, 0.2) is 24.3 Å². The van der Waals surface area contributed by atoms with E-state index >= 15 is 0 Å². The van der Waals surface area contributed by atoms with Gasteiger partial charge in [-0.2, -0.15) is 0 Å². The Hall–Kier alpha value is -1.99. The molecule has 0 aliphatic rings. The van der Waals surface area contributed by atoms with E-state index in [0.29, 0.717) is 19.6 Å². The summed E-state index contributed by atoms with van der Waals surface area (Å²) < 4.78 is 4.81. The predicted octanol–water partition coefficient (Wildman–Crippen LogP) is 0.227. The molecule has 0 aliphatic heterocycles. The summed E-state index contributed by atoms with van der Waals surface area (Å²) in [6, 6.07) is 5.30. The highest BCUT2D eigenvalue weighted by Gasteiger charge is 2.14. The number of benzene rings is 1. The van der Waals surface area contributed by atoms with Gasteiger partial charge in [0.05, 0.1) is 17.6 Å². The van der Waals surface area contributed by atoms with Gasteiger partial charge < -0.3 is 15.8 Å². The number of hydrogen-bond acceptors (Lipinski definition) is 5. The van der Waals surface area contributed by atoms with Gasteiger partial charge in [0, 0.05) is 25.8 Å². The third-order valence-corrected chi connectivity index (χ3v) is 2.54. The molecule has 0 fully saturated rings. The number of hydrogen-bond donors (Lipinski definition) is 2. The number of non-ortho nitro benzene ring substituents is 1. The van der Waals surface area contributed by atoms with Crippen LogP contribution in [-0.2, 0) is 16.0 Å². The Morgan fingerprint density at radius 1 is 1.47 bits per heavy atom. The van der Waals surface area contributed by atoms with Crippen LogP contribution in [0.4, 0.5) is 5.69 Å². The Bertz CT molecular complexity index is 433. The molecule has 1 amide bonds. The highest BCUT2D eigenvalue weighted by atomic mass is 16.6. The molecule has 19 heavy (non-hydrogen) atoms. The van der Waals surface area contributed by atoms with Crippen molar-refractivity contribution in [1.29, 1.82) is 0 Å². The summed E-state index contributed by atoms with van der Waals surface area (Å²) in [5.74, 6) is -0.268. The van der Waals surface area contributed by atoms with E-state index in [1.165, 1.54) is 12.1 Å². The van der Waals surface area contributed by atoms with Crippen LogP contribution < -0.4 is 11.1 Å². The van der Waals surface area contributed by atoms with Crippen LogP contribution in [0.1, 0.15) is 5.56 Å². The van der Waals surface area contributed by atoms with E-state index < -0.39 is 11.0 Å². The van der Waals surface area contributed by atoms with E-state index in [2.05, 4.69) is 5.32 Å². The van der Waals surface area contributed by atoms with Gasteiger partial charge in [-0.05, 0) is 12.0 Å². The molecule has 1 rings (SSSR count). The Kier molecular flexibility index (Phi) is 5.91. The molecule has 0 radical (unpaired) electrons. The highest BCUT2D eigenvalue weighted by molar-refractivity contribution is 5.81. The van der Waals surface area contributed by atoms with Gasteiger partial charge in [0.25, 0.3) is 5.69 Å². The van der Waals surface area contributed by atoms with Crippen molar-refractivity contribution in [3.05, 3.63) is 39.9 Å². The smallest absolute Gasteiger partial charge is 0.269 e. The van der Waals surface area contributed by atoms with Gasteiger partial charge in [-0.25, -0.2) is 0 Å². The Balaban J connectivity index is 2.49. The molecule has 1 aromatic rings. The fourth-order valence-electron chi connectivity index (χ4n) is 1.51. The van der Waals surface area contributed by atoms with Gasteiger partial charge in [0.15, 0.2) is 0 Å². The molecule has 104 valence electrons.